The maximum atomic E-state index is 12.6. The molecular weight excluding hydrogens is 354 g/mol. The number of aromatic nitrogens is 4. The molecule has 8 nitrogen and oxygen atoms in total. The van der Waals surface area contributed by atoms with E-state index in [2.05, 4.69) is 25.9 Å². The third-order valence-electron chi connectivity index (χ3n) is 3.59. The molecule has 2 aromatic heterocycles. The molecule has 0 unspecified atom stereocenters. The van der Waals surface area contributed by atoms with Crippen molar-refractivity contribution < 1.29 is 14.3 Å². The van der Waals surface area contributed by atoms with Crippen LogP contribution in [0.25, 0.3) is 11.1 Å². The van der Waals surface area contributed by atoms with Crippen LogP contribution in [0.1, 0.15) is 28.0 Å². The highest BCUT2D eigenvalue weighted by Gasteiger charge is 2.25. The van der Waals surface area contributed by atoms with E-state index in [4.69, 9.17) is 4.74 Å². The number of carbonyl (C=O) groups is 2. The van der Waals surface area contributed by atoms with Crippen molar-refractivity contribution in [3.63, 3.8) is 0 Å². The summed E-state index contributed by atoms with van der Waals surface area (Å²) < 4.78 is 5.21. The molecule has 0 bridgehead atoms. The molecule has 3 rings (SSSR count). The Hall–Kier alpha value is -3.07. The van der Waals surface area contributed by atoms with E-state index in [-0.39, 0.29) is 24.8 Å². The molecule has 134 valence electrons. The highest BCUT2D eigenvalue weighted by Crippen LogP contribution is 2.40. The van der Waals surface area contributed by atoms with Gasteiger partial charge in [0.25, 0.3) is 0 Å². The lowest BCUT2D eigenvalue weighted by atomic mass is 10.0. The zero-order chi connectivity index (χ0) is 18.5. The van der Waals surface area contributed by atoms with Gasteiger partial charge in [0.15, 0.2) is 5.82 Å². The Morgan fingerprint density at radius 3 is 2.69 bits per heavy atom. The molecule has 26 heavy (non-hydrogen) atoms. The van der Waals surface area contributed by atoms with Crippen LogP contribution in [0.2, 0.25) is 0 Å². The highest BCUT2D eigenvalue weighted by molar-refractivity contribution is 7.17. The fourth-order valence-corrected chi connectivity index (χ4v) is 3.64. The number of amides is 1. The first kappa shape index (κ1) is 17.7. The summed E-state index contributed by atoms with van der Waals surface area (Å²) in [6, 6.07) is 9.54. The number of ether oxygens (including phenoxy) is 1. The summed E-state index contributed by atoms with van der Waals surface area (Å²) in [5.41, 5.74) is 2.02. The Labute approximate surface area is 153 Å². The van der Waals surface area contributed by atoms with E-state index in [1.807, 2.05) is 37.3 Å². The molecule has 2 N–H and O–H groups in total. The number of nitrogens with one attached hydrogen (secondary N) is 2. The van der Waals surface area contributed by atoms with Gasteiger partial charge in [-0.3, -0.25) is 4.79 Å². The number of aryl methyl sites for hydroxylation is 1. The van der Waals surface area contributed by atoms with E-state index in [9.17, 15) is 9.59 Å². The highest BCUT2D eigenvalue weighted by atomic mass is 32.1. The predicted molar refractivity (Wildman–Crippen MR) is 97.0 cm³/mol. The monoisotopic (exact) mass is 371 g/mol. The fourth-order valence-electron chi connectivity index (χ4n) is 2.56. The van der Waals surface area contributed by atoms with Crippen molar-refractivity contribution in [2.75, 3.05) is 11.9 Å². The molecule has 0 saturated heterocycles. The van der Waals surface area contributed by atoms with Crippen molar-refractivity contribution in [1.82, 2.24) is 20.6 Å². The summed E-state index contributed by atoms with van der Waals surface area (Å²) in [7, 11) is 0. The van der Waals surface area contributed by atoms with Crippen LogP contribution in [0.5, 0.6) is 0 Å². The Bertz CT molecular complexity index is 906. The lowest BCUT2D eigenvalue weighted by molar-refractivity contribution is -0.115. The van der Waals surface area contributed by atoms with Gasteiger partial charge in [-0.25, -0.2) is 4.79 Å². The van der Waals surface area contributed by atoms with E-state index in [0.29, 0.717) is 10.6 Å². The van der Waals surface area contributed by atoms with Crippen molar-refractivity contribution in [2.24, 2.45) is 0 Å². The van der Waals surface area contributed by atoms with E-state index in [0.717, 1.165) is 16.0 Å². The number of benzene rings is 1. The number of esters is 1. The second kappa shape index (κ2) is 7.87. The van der Waals surface area contributed by atoms with Gasteiger partial charge in [0, 0.05) is 10.4 Å². The van der Waals surface area contributed by atoms with Crippen molar-refractivity contribution in [1.29, 1.82) is 0 Å². The van der Waals surface area contributed by atoms with Crippen molar-refractivity contribution in [2.45, 2.75) is 20.3 Å². The predicted octanol–water partition coefficient (Wildman–Crippen LogP) is 2.59. The van der Waals surface area contributed by atoms with E-state index in [1.165, 1.54) is 11.3 Å². The van der Waals surface area contributed by atoms with E-state index < -0.39 is 5.97 Å². The summed E-state index contributed by atoms with van der Waals surface area (Å²) in [5.74, 6) is -0.528. The number of anilines is 1. The van der Waals surface area contributed by atoms with Crippen molar-refractivity contribution in [3.8, 4) is 11.1 Å². The quantitative estimate of drug-likeness (QED) is 0.645. The van der Waals surface area contributed by atoms with Crippen LogP contribution in [0.15, 0.2) is 30.3 Å². The van der Waals surface area contributed by atoms with Crippen LogP contribution < -0.4 is 5.32 Å². The zero-order valence-corrected chi connectivity index (χ0v) is 15.1. The summed E-state index contributed by atoms with van der Waals surface area (Å²) in [6.07, 6.45) is -0.0453. The van der Waals surface area contributed by atoms with Crippen molar-refractivity contribution >= 4 is 28.2 Å². The van der Waals surface area contributed by atoms with Crippen LogP contribution >= 0.6 is 11.3 Å². The minimum atomic E-state index is -0.467. The molecule has 2 heterocycles. The summed E-state index contributed by atoms with van der Waals surface area (Å²) in [6.45, 7) is 3.90. The Morgan fingerprint density at radius 1 is 1.27 bits per heavy atom. The zero-order valence-electron chi connectivity index (χ0n) is 14.3. The molecule has 0 aliphatic rings. The second-order valence-electron chi connectivity index (χ2n) is 5.38. The standard InChI is InChI=1S/C17H17N5O3S/c1-3-25-17(24)15-14(11-7-5-4-6-8-11)10(2)26-16(15)18-13(23)9-12-19-21-22-20-12/h4-8H,3,9H2,1-2H3,(H,18,23)(H,19,20,21,22). The maximum Gasteiger partial charge on any atom is 0.341 e. The van der Waals surface area contributed by atoms with Crippen LogP contribution in [0.4, 0.5) is 5.00 Å². The molecule has 0 spiro atoms. The molecule has 0 radical (unpaired) electrons. The van der Waals surface area contributed by atoms with Gasteiger partial charge in [0.1, 0.15) is 10.6 Å². The largest absolute Gasteiger partial charge is 0.462 e. The number of nitrogens with zero attached hydrogens (tertiary/aromatic N) is 3. The Balaban J connectivity index is 1.96. The number of hydrogen-bond donors (Lipinski definition) is 2. The SMILES string of the molecule is CCOC(=O)c1c(NC(=O)Cc2nn[nH]n2)sc(C)c1-c1ccccc1. The fraction of sp³-hybridized carbons (Fsp3) is 0.235. The number of tetrazole rings is 1. The molecule has 1 aromatic carbocycles. The van der Waals surface area contributed by atoms with Crippen LogP contribution in [-0.2, 0) is 16.0 Å². The number of rotatable bonds is 6. The minimum absolute atomic E-state index is 0.0453. The Morgan fingerprint density at radius 2 is 2.04 bits per heavy atom. The molecule has 0 atom stereocenters. The smallest absolute Gasteiger partial charge is 0.341 e. The average molecular weight is 371 g/mol. The van der Waals surface area contributed by atoms with Gasteiger partial charge in [-0.2, -0.15) is 5.21 Å². The van der Waals surface area contributed by atoms with Gasteiger partial charge >= 0.3 is 5.97 Å². The third-order valence-corrected chi connectivity index (χ3v) is 4.61. The lowest BCUT2D eigenvalue weighted by Gasteiger charge is -2.08. The summed E-state index contributed by atoms with van der Waals surface area (Å²) >= 11 is 1.33. The lowest BCUT2D eigenvalue weighted by Crippen LogP contribution is -2.17. The molecule has 3 aromatic rings. The minimum Gasteiger partial charge on any atom is -0.462 e. The molecule has 1 amide bonds. The number of carbonyl (C=O) groups excluding carboxylic acids is 2. The number of hydrogen-bond acceptors (Lipinski definition) is 7. The van der Waals surface area contributed by atoms with Gasteiger partial charge in [0.2, 0.25) is 5.91 Å². The van der Waals surface area contributed by atoms with Crippen LogP contribution in [0.3, 0.4) is 0 Å². The molecular formula is C17H17N5O3S. The van der Waals surface area contributed by atoms with Gasteiger partial charge in [-0.1, -0.05) is 35.5 Å². The van der Waals surface area contributed by atoms with Gasteiger partial charge in [-0.15, -0.1) is 21.5 Å². The first-order valence-electron chi connectivity index (χ1n) is 7.98. The van der Waals surface area contributed by atoms with Gasteiger partial charge < -0.3 is 10.1 Å². The molecule has 0 fully saturated rings. The van der Waals surface area contributed by atoms with Crippen molar-refractivity contribution in [3.05, 3.63) is 46.6 Å². The average Bonchev–Trinajstić information content (AvgIpc) is 3.23. The number of H-pyrrole nitrogens is 1. The number of thiophene rings is 1. The Kier molecular flexibility index (Phi) is 5.37. The van der Waals surface area contributed by atoms with Gasteiger partial charge in [-0.05, 0) is 19.4 Å². The van der Waals surface area contributed by atoms with E-state index >= 15 is 0 Å². The molecule has 0 aliphatic carbocycles. The summed E-state index contributed by atoms with van der Waals surface area (Å²) in [4.78, 5) is 25.8. The maximum absolute atomic E-state index is 12.6. The first-order chi connectivity index (χ1) is 12.6. The second-order valence-corrected chi connectivity index (χ2v) is 6.60. The molecule has 0 saturated carbocycles. The third kappa shape index (κ3) is 3.77. The molecule has 9 heteroatoms. The summed E-state index contributed by atoms with van der Waals surface area (Å²) in [5, 5.41) is 16.5. The topological polar surface area (TPSA) is 110 Å². The van der Waals surface area contributed by atoms with E-state index in [1.54, 1.807) is 6.92 Å². The molecule has 0 aliphatic heterocycles. The first-order valence-corrected chi connectivity index (χ1v) is 8.80. The van der Waals surface area contributed by atoms with Crippen LogP contribution in [-0.4, -0.2) is 39.1 Å². The number of aromatic amines is 1. The normalized spacial score (nSPS) is 10.5. The van der Waals surface area contributed by atoms with Gasteiger partial charge in [0.05, 0.1) is 13.0 Å². The van der Waals surface area contributed by atoms with Crippen LogP contribution in [0, 0.1) is 6.92 Å².